The number of amides is 1. The highest BCUT2D eigenvalue weighted by molar-refractivity contribution is 5.75. The maximum absolute atomic E-state index is 10.8. The highest BCUT2D eigenvalue weighted by Crippen LogP contribution is 2.26. The highest BCUT2D eigenvalue weighted by Gasteiger charge is 2.15. The van der Waals surface area contributed by atoms with Gasteiger partial charge in [0, 0.05) is 5.56 Å². The number of carbonyl (C=O) groups is 1. The van der Waals surface area contributed by atoms with Crippen LogP contribution in [0.5, 0.6) is 17.2 Å². The zero-order chi connectivity index (χ0) is 22.3. The van der Waals surface area contributed by atoms with Gasteiger partial charge >= 0.3 is 0 Å². The van der Waals surface area contributed by atoms with E-state index in [1.165, 1.54) is 0 Å². The van der Waals surface area contributed by atoms with E-state index in [1.54, 1.807) is 36.4 Å². The maximum Gasteiger partial charge on any atom is 0.293 e. The zero-order valence-electron chi connectivity index (χ0n) is 17.3. The summed E-state index contributed by atoms with van der Waals surface area (Å²) in [6.45, 7) is 2.62. The van der Waals surface area contributed by atoms with Gasteiger partial charge < -0.3 is 28.9 Å². The van der Waals surface area contributed by atoms with Crippen molar-refractivity contribution in [1.82, 2.24) is 10.1 Å². The summed E-state index contributed by atoms with van der Waals surface area (Å²) < 4.78 is 27.5. The standard InChI is InChI=1S/C23H21N3O6/c1-2-28-16-7-9-18(10-8-16)29-13-19-11-12-20(31-19)23-25-22(26-32-23)15-3-5-17(6-4-15)30-14-21(24)27/h3-12H,2,13-14H2,1H3,(H2,24,27). The molecule has 32 heavy (non-hydrogen) atoms. The molecule has 4 aromatic rings. The molecule has 0 atom stereocenters. The molecule has 0 saturated carbocycles. The van der Waals surface area contributed by atoms with E-state index in [2.05, 4.69) is 10.1 Å². The molecule has 4 rings (SSSR count). The summed E-state index contributed by atoms with van der Waals surface area (Å²) in [6.07, 6.45) is 0. The van der Waals surface area contributed by atoms with E-state index < -0.39 is 5.91 Å². The van der Waals surface area contributed by atoms with Crippen LogP contribution in [0.4, 0.5) is 0 Å². The van der Waals surface area contributed by atoms with Crippen molar-refractivity contribution in [2.75, 3.05) is 13.2 Å². The number of rotatable bonds is 10. The Balaban J connectivity index is 1.37. The van der Waals surface area contributed by atoms with Gasteiger partial charge in [-0.2, -0.15) is 4.98 Å². The number of furan rings is 1. The monoisotopic (exact) mass is 435 g/mol. The molecule has 0 spiro atoms. The smallest absolute Gasteiger partial charge is 0.293 e. The average Bonchev–Trinajstić information content (AvgIpc) is 3.48. The minimum atomic E-state index is -0.542. The van der Waals surface area contributed by atoms with E-state index in [0.29, 0.717) is 35.5 Å². The molecule has 0 saturated heterocycles. The summed E-state index contributed by atoms with van der Waals surface area (Å²) in [7, 11) is 0. The van der Waals surface area contributed by atoms with E-state index >= 15 is 0 Å². The van der Waals surface area contributed by atoms with Crippen LogP contribution in [0, 0.1) is 0 Å². The Hall–Kier alpha value is -4.27. The van der Waals surface area contributed by atoms with Gasteiger partial charge in [0.15, 0.2) is 12.4 Å². The van der Waals surface area contributed by atoms with Gasteiger partial charge in [0.25, 0.3) is 11.8 Å². The van der Waals surface area contributed by atoms with Crippen LogP contribution < -0.4 is 19.9 Å². The number of hydrogen-bond donors (Lipinski definition) is 1. The van der Waals surface area contributed by atoms with Crippen molar-refractivity contribution in [2.24, 2.45) is 5.73 Å². The van der Waals surface area contributed by atoms with Crippen molar-refractivity contribution < 1.29 is 27.9 Å². The molecule has 2 aromatic heterocycles. The number of ether oxygens (including phenoxy) is 3. The fraction of sp³-hybridized carbons (Fsp3) is 0.174. The van der Waals surface area contributed by atoms with Gasteiger partial charge in [-0.15, -0.1) is 0 Å². The quantitative estimate of drug-likeness (QED) is 0.399. The van der Waals surface area contributed by atoms with Gasteiger partial charge in [0.05, 0.1) is 6.61 Å². The summed E-state index contributed by atoms with van der Waals surface area (Å²) in [5.74, 6) is 3.17. The van der Waals surface area contributed by atoms with Crippen molar-refractivity contribution in [3.8, 4) is 40.3 Å². The molecule has 0 radical (unpaired) electrons. The van der Waals surface area contributed by atoms with Gasteiger partial charge in [0.1, 0.15) is 29.6 Å². The molecule has 1 amide bonds. The minimum Gasteiger partial charge on any atom is -0.494 e. The molecule has 0 fully saturated rings. The fourth-order valence-electron chi connectivity index (χ4n) is 2.82. The van der Waals surface area contributed by atoms with Crippen molar-refractivity contribution >= 4 is 5.91 Å². The molecule has 2 N–H and O–H groups in total. The number of hydrogen-bond acceptors (Lipinski definition) is 8. The maximum atomic E-state index is 10.8. The number of aromatic nitrogens is 2. The summed E-state index contributed by atoms with van der Waals surface area (Å²) in [5.41, 5.74) is 5.79. The highest BCUT2D eigenvalue weighted by atomic mass is 16.5. The minimum absolute atomic E-state index is 0.186. The third-order valence-corrected chi connectivity index (χ3v) is 4.31. The molecule has 0 aliphatic carbocycles. The van der Waals surface area contributed by atoms with Gasteiger partial charge in [0.2, 0.25) is 5.82 Å². The Morgan fingerprint density at radius 2 is 1.56 bits per heavy atom. The lowest BCUT2D eigenvalue weighted by Crippen LogP contribution is -2.19. The van der Waals surface area contributed by atoms with Crippen LogP contribution in [0.15, 0.2) is 69.6 Å². The summed E-state index contributed by atoms with van der Waals surface area (Å²) in [4.78, 5) is 15.2. The molecule has 0 aliphatic rings. The van der Waals surface area contributed by atoms with Crippen LogP contribution in [0.1, 0.15) is 12.7 Å². The largest absolute Gasteiger partial charge is 0.494 e. The first kappa shape index (κ1) is 21.0. The predicted molar refractivity (Wildman–Crippen MR) is 114 cm³/mol. The Kier molecular flexibility index (Phi) is 6.35. The van der Waals surface area contributed by atoms with Crippen LogP contribution in [0.3, 0.4) is 0 Å². The third kappa shape index (κ3) is 5.25. The van der Waals surface area contributed by atoms with Gasteiger partial charge in [-0.25, -0.2) is 0 Å². The fourth-order valence-corrected chi connectivity index (χ4v) is 2.82. The Bertz CT molecular complexity index is 1170. The first-order valence-corrected chi connectivity index (χ1v) is 9.90. The van der Waals surface area contributed by atoms with Crippen molar-refractivity contribution in [3.63, 3.8) is 0 Å². The summed E-state index contributed by atoms with van der Waals surface area (Å²) in [5, 5.41) is 3.99. The second kappa shape index (κ2) is 9.69. The lowest BCUT2D eigenvalue weighted by Gasteiger charge is -2.06. The van der Waals surface area contributed by atoms with Gasteiger partial charge in [-0.1, -0.05) is 5.16 Å². The zero-order valence-corrected chi connectivity index (χ0v) is 17.3. The lowest BCUT2D eigenvalue weighted by molar-refractivity contribution is -0.119. The van der Waals surface area contributed by atoms with Crippen LogP contribution >= 0.6 is 0 Å². The number of nitrogens with two attached hydrogens (primary N) is 1. The Labute approximate surface area is 183 Å². The first-order valence-electron chi connectivity index (χ1n) is 9.90. The second-order valence-corrected chi connectivity index (χ2v) is 6.66. The van der Waals surface area contributed by atoms with Crippen molar-refractivity contribution in [3.05, 3.63) is 66.4 Å². The predicted octanol–water partition coefficient (Wildman–Crippen LogP) is 3.84. The van der Waals surface area contributed by atoms with E-state index in [1.807, 2.05) is 31.2 Å². The van der Waals surface area contributed by atoms with Gasteiger partial charge in [-0.3, -0.25) is 4.79 Å². The molecule has 0 bridgehead atoms. The molecule has 2 heterocycles. The summed E-state index contributed by atoms with van der Waals surface area (Å²) in [6, 6.07) is 17.8. The van der Waals surface area contributed by atoms with Crippen LogP contribution in [-0.4, -0.2) is 29.3 Å². The number of nitrogens with zero attached hydrogens (tertiary/aromatic N) is 2. The van der Waals surface area contributed by atoms with Gasteiger partial charge in [-0.05, 0) is 67.6 Å². The van der Waals surface area contributed by atoms with Crippen molar-refractivity contribution in [2.45, 2.75) is 13.5 Å². The van der Waals surface area contributed by atoms with Crippen LogP contribution in [0.2, 0.25) is 0 Å². The van der Waals surface area contributed by atoms with Crippen LogP contribution in [0.25, 0.3) is 23.0 Å². The van der Waals surface area contributed by atoms with Crippen LogP contribution in [-0.2, 0) is 11.4 Å². The summed E-state index contributed by atoms with van der Waals surface area (Å²) >= 11 is 0. The normalized spacial score (nSPS) is 10.7. The molecule has 0 aliphatic heterocycles. The molecule has 0 unspecified atom stereocenters. The number of carbonyl (C=O) groups excluding carboxylic acids is 1. The molecule has 164 valence electrons. The van der Waals surface area contributed by atoms with E-state index in [9.17, 15) is 4.79 Å². The Morgan fingerprint density at radius 1 is 0.906 bits per heavy atom. The average molecular weight is 435 g/mol. The number of benzene rings is 2. The first-order chi connectivity index (χ1) is 15.6. The molecule has 2 aromatic carbocycles. The lowest BCUT2D eigenvalue weighted by atomic mass is 10.2. The topological polar surface area (TPSA) is 123 Å². The molecular weight excluding hydrogens is 414 g/mol. The van der Waals surface area contributed by atoms with E-state index in [0.717, 1.165) is 11.3 Å². The van der Waals surface area contributed by atoms with E-state index in [4.69, 9.17) is 28.9 Å². The SMILES string of the molecule is CCOc1ccc(OCc2ccc(-c3nc(-c4ccc(OCC(N)=O)cc4)no3)o2)cc1. The third-order valence-electron chi connectivity index (χ3n) is 4.31. The van der Waals surface area contributed by atoms with Crippen molar-refractivity contribution in [1.29, 1.82) is 0 Å². The van der Waals surface area contributed by atoms with E-state index in [-0.39, 0.29) is 19.1 Å². The molecule has 9 nitrogen and oxygen atoms in total. The molecule has 9 heteroatoms. The second-order valence-electron chi connectivity index (χ2n) is 6.66. The Morgan fingerprint density at radius 3 is 2.25 bits per heavy atom. The number of primary amides is 1. The molecular formula is C23H21N3O6.